The molecule has 0 aliphatic rings. The molecule has 6 heteroatoms. The van der Waals surface area contributed by atoms with E-state index in [4.69, 9.17) is 9.25 Å². The highest BCUT2D eigenvalue weighted by Crippen LogP contribution is 2.15. The van der Waals surface area contributed by atoms with E-state index < -0.39 is 5.97 Å². The molecule has 0 bridgehead atoms. The third kappa shape index (κ3) is 3.04. The molecule has 0 saturated carbocycles. The van der Waals surface area contributed by atoms with E-state index in [0.717, 1.165) is 4.88 Å². The molecular formula is C11H8BrNO3S. The molecule has 0 aliphatic carbocycles. The van der Waals surface area contributed by atoms with Gasteiger partial charge in [-0.25, -0.2) is 4.79 Å². The Labute approximate surface area is 110 Å². The minimum atomic E-state index is -0.619. The van der Waals surface area contributed by atoms with Gasteiger partial charge in [-0.3, -0.25) is 0 Å². The van der Waals surface area contributed by atoms with Crippen molar-refractivity contribution in [1.82, 2.24) is 0 Å². The second-order valence-corrected chi connectivity index (χ2v) is 4.87. The van der Waals surface area contributed by atoms with Crippen LogP contribution in [0.1, 0.15) is 22.4 Å². The van der Waals surface area contributed by atoms with E-state index in [0.29, 0.717) is 10.4 Å². The van der Waals surface area contributed by atoms with Crippen LogP contribution in [-0.2, 0) is 4.84 Å². The fraction of sp³-hybridized carbons (Fsp3) is 0.0909. The molecule has 0 aromatic carbocycles. The van der Waals surface area contributed by atoms with Crippen LogP contribution in [0, 0.1) is 0 Å². The van der Waals surface area contributed by atoms with E-state index in [1.807, 2.05) is 17.5 Å². The molecule has 88 valence electrons. The molecule has 0 fully saturated rings. The maximum Gasteiger partial charge on any atom is 0.400 e. The van der Waals surface area contributed by atoms with Crippen LogP contribution < -0.4 is 0 Å². The molecule has 2 rings (SSSR count). The summed E-state index contributed by atoms with van der Waals surface area (Å²) in [6, 6.07) is 6.94. The minimum absolute atomic E-state index is 0.111. The maximum atomic E-state index is 11.5. The fourth-order valence-corrected chi connectivity index (χ4v) is 2.08. The van der Waals surface area contributed by atoms with E-state index in [-0.39, 0.29) is 5.76 Å². The zero-order chi connectivity index (χ0) is 12.3. The van der Waals surface area contributed by atoms with Gasteiger partial charge < -0.3 is 9.25 Å². The third-order valence-electron chi connectivity index (χ3n) is 1.92. The molecule has 0 spiro atoms. The van der Waals surface area contributed by atoms with E-state index in [1.165, 1.54) is 17.4 Å². The van der Waals surface area contributed by atoms with Gasteiger partial charge in [0.1, 0.15) is 0 Å². The summed E-state index contributed by atoms with van der Waals surface area (Å²) in [5, 5.41) is 5.68. The van der Waals surface area contributed by atoms with Gasteiger partial charge in [-0.1, -0.05) is 11.2 Å². The molecule has 2 aromatic heterocycles. The summed E-state index contributed by atoms with van der Waals surface area (Å²) in [7, 11) is 0. The van der Waals surface area contributed by atoms with Crippen molar-refractivity contribution >= 4 is 38.9 Å². The molecule has 0 saturated heterocycles. The van der Waals surface area contributed by atoms with E-state index in [1.54, 1.807) is 13.0 Å². The van der Waals surface area contributed by atoms with Gasteiger partial charge >= 0.3 is 5.97 Å². The predicted molar refractivity (Wildman–Crippen MR) is 68.4 cm³/mol. The summed E-state index contributed by atoms with van der Waals surface area (Å²) >= 11 is 4.63. The Balaban J connectivity index is 2.03. The first-order valence-corrected chi connectivity index (χ1v) is 6.39. The number of halogens is 1. The van der Waals surface area contributed by atoms with Crippen LogP contribution in [0.15, 0.2) is 43.9 Å². The number of nitrogens with zero attached hydrogens (tertiary/aromatic N) is 1. The monoisotopic (exact) mass is 313 g/mol. The van der Waals surface area contributed by atoms with Crippen molar-refractivity contribution in [3.05, 3.63) is 45.0 Å². The Bertz CT molecular complexity index is 545. The van der Waals surface area contributed by atoms with Crippen LogP contribution >= 0.6 is 27.3 Å². The predicted octanol–water partition coefficient (Wildman–Crippen LogP) is 3.68. The molecule has 0 N–H and O–H groups in total. The average Bonchev–Trinajstić information content (AvgIpc) is 2.95. The highest BCUT2D eigenvalue weighted by molar-refractivity contribution is 9.10. The van der Waals surface area contributed by atoms with Crippen molar-refractivity contribution in [2.45, 2.75) is 6.92 Å². The normalized spacial score (nSPS) is 11.5. The van der Waals surface area contributed by atoms with Crippen molar-refractivity contribution in [2.75, 3.05) is 0 Å². The van der Waals surface area contributed by atoms with E-state index in [2.05, 4.69) is 21.1 Å². The number of oxime groups is 1. The Morgan fingerprint density at radius 2 is 2.29 bits per heavy atom. The summed E-state index contributed by atoms with van der Waals surface area (Å²) in [6.45, 7) is 1.77. The van der Waals surface area contributed by atoms with Gasteiger partial charge in [0, 0.05) is 0 Å². The van der Waals surface area contributed by atoms with Gasteiger partial charge in [-0.2, -0.15) is 0 Å². The molecule has 0 atom stereocenters. The van der Waals surface area contributed by atoms with Crippen LogP contribution in [0.5, 0.6) is 0 Å². The zero-order valence-corrected chi connectivity index (χ0v) is 11.2. The van der Waals surface area contributed by atoms with Gasteiger partial charge in [0.25, 0.3) is 0 Å². The van der Waals surface area contributed by atoms with Gasteiger partial charge in [0.15, 0.2) is 4.67 Å². The lowest BCUT2D eigenvalue weighted by molar-refractivity contribution is 0.0478. The number of hydrogen-bond acceptors (Lipinski definition) is 5. The van der Waals surface area contributed by atoms with Crippen molar-refractivity contribution in [1.29, 1.82) is 0 Å². The van der Waals surface area contributed by atoms with Crippen molar-refractivity contribution < 1.29 is 14.0 Å². The van der Waals surface area contributed by atoms with Crippen LogP contribution in [-0.4, -0.2) is 11.7 Å². The first-order chi connectivity index (χ1) is 8.16. The molecule has 0 radical (unpaired) electrons. The Kier molecular flexibility index (Phi) is 3.75. The van der Waals surface area contributed by atoms with Gasteiger partial charge in [0.05, 0.1) is 10.6 Å². The summed E-state index contributed by atoms with van der Waals surface area (Å²) < 4.78 is 5.52. The highest BCUT2D eigenvalue weighted by Gasteiger charge is 2.12. The minimum Gasteiger partial charge on any atom is -0.442 e. The maximum absolute atomic E-state index is 11.5. The first kappa shape index (κ1) is 12.1. The molecule has 0 aliphatic heterocycles. The lowest BCUT2D eigenvalue weighted by Gasteiger charge is -1.96. The number of rotatable bonds is 3. The number of carbonyl (C=O) groups is 1. The van der Waals surface area contributed by atoms with Crippen molar-refractivity contribution in [3.63, 3.8) is 0 Å². The molecule has 4 nitrogen and oxygen atoms in total. The second kappa shape index (κ2) is 5.29. The average molecular weight is 314 g/mol. The molecule has 2 aromatic rings. The second-order valence-electron chi connectivity index (χ2n) is 3.14. The van der Waals surface area contributed by atoms with Gasteiger partial charge in [-0.05, 0) is 46.4 Å². The van der Waals surface area contributed by atoms with Crippen LogP contribution in [0.3, 0.4) is 0 Å². The standard InChI is InChI=1S/C11H8BrNO3S/c1-7(9-3-2-6-17-9)13-16-11(14)8-4-5-10(12)15-8/h2-6H,1H3. The van der Waals surface area contributed by atoms with Gasteiger partial charge in [0.2, 0.25) is 5.76 Å². The van der Waals surface area contributed by atoms with Crippen molar-refractivity contribution in [2.24, 2.45) is 5.16 Å². The van der Waals surface area contributed by atoms with Gasteiger partial charge in [-0.15, -0.1) is 11.3 Å². The quantitative estimate of drug-likeness (QED) is 0.493. The van der Waals surface area contributed by atoms with Crippen LogP contribution in [0.4, 0.5) is 0 Å². The van der Waals surface area contributed by atoms with Crippen molar-refractivity contribution in [3.8, 4) is 0 Å². The largest absolute Gasteiger partial charge is 0.442 e. The first-order valence-electron chi connectivity index (χ1n) is 4.72. The van der Waals surface area contributed by atoms with E-state index in [9.17, 15) is 4.79 Å². The highest BCUT2D eigenvalue weighted by atomic mass is 79.9. The Morgan fingerprint density at radius 1 is 1.47 bits per heavy atom. The summed E-state index contributed by atoms with van der Waals surface area (Å²) in [6.07, 6.45) is 0. The topological polar surface area (TPSA) is 51.8 Å². The Hall–Kier alpha value is -1.40. The lowest BCUT2D eigenvalue weighted by atomic mass is 10.3. The lowest BCUT2D eigenvalue weighted by Crippen LogP contribution is -2.01. The Morgan fingerprint density at radius 3 is 2.88 bits per heavy atom. The molecular weight excluding hydrogens is 306 g/mol. The smallest absolute Gasteiger partial charge is 0.400 e. The number of thiophene rings is 1. The van der Waals surface area contributed by atoms with Crippen LogP contribution in [0.2, 0.25) is 0 Å². The molecule has 2 heterocycles. The van der Waals surface area contributed by atoms with E-state index >= 15 is 0 Å². The fourth-order valence-electron chi connectivity index (χ4n) is 1.11. The molecule has 17 heavy (non-hydrogen) atoms. The summed E-state index contributed by atoms with van der Waals surface area (Å²) in [5.74, 6) is -0.508. The zero-order valence-electron chi connectivity index (χ0n) is 8.84. The summed E-state index contributed by atoms with van der Waals surface area (Å²) in [5.41, 5.74) is 0.652. The van der Waals surface area contributed by atoms with Crippen LogP contribution in [0.25, 0.3) is 0 Å². The third-order valence-corrected chi connectivity index (χ3v) is 3.32. The summed E-state index contributed by atoms with van der Waals surface area (Å²) in [4.78, 5) is 17.2. The number of carbonyl (C=O) groups excluding carboxylic acids is 1. The SMILES string of the molecule is CC(=NOC(=O)c1ccc(Br)o1)c1cccs1. The number of hydrogen-bond donors (Lipinski definition) is 0. The molecule has 0 amide bonds. The number of furan rings is 1. The molecule has 0 unspecified atom stereocenters.